The van der Waals surface area contributed by atoms with Gasteiger partial charge in [-0.05, 0) is 48.5 Å². The second kappa shape index (κ2) is 9.93. The number of carbonyl (C=O) groups is 2. The van der Waals surface area contributed by atoms with Gasteiger partial charge in [-0.2, -0.15) is 0 Å². The Hall–Kier alpha value is -4.06. The molecule has 0 fully saturated rings. The Morgan fingerprint density at radius 2 is 1.47 bits per heavy atom. The third kappa shape index (κ3) is 5.26. The molecule has 152 valence electrons. The van der Waals surface area contributed by atoms with E-state index >= 15 is 0 Å². The number of para-hydroxylation sites is 1. The molecule has 6 nitrogen and oxygen atoms in total. The molecule has 0 unspecified atom stereocenters. The lowest BCUT2D eigenvalue weighted by atomic mass is 10.1. The number of carbonyl (C=O) groups excluding carboxylic acids is 2. The van der Waals surface area contributed by atoms with Crippen LogP contribution in [0.3, 0.4) is 0 Å². The first kappa shape index (κ1) is 20.7. The zero-order valence-electron chi connectivity index (χ0n) is 16.7. The fraction of sp³-hybridized carbons (Fsp3) is 0.0833. The number of nitrogens with one attached hydrogen (secondary N) is 2. The summed E-state index contributed by atoms with van der Waals surface area (Å²) in [4.78, 5) is 25.6. The van der Waals surface area contributed by atoms with Crippen LogP contribution < -0.4 is 20.1 Å². The van der Waals surface area contributed by atoms with Crippen LogP contribution in [0.1, 0.15) is 15.9 Å². The van der Waals surface area contributed by atoms with Gasteiger partial charge in [-0.1, -0.05) is 36.4 Å². The predicted octanol–water partition coefficient (Wildman–Crippen LogP) is 4.11. The smallest absolute Gasteiger partial charge is 0.272 e. The highest BCUT2D eigenvalue weighted by atomic mass is 16.5. The molecule has 6 heteroatoms. The van der Waals surface area contributed by atoms with Crippen LogP contribution in [0.25, 0.3) is 6.08 Å². The Labute approximate surface area is 175 Å². The van der Waals surface area contributed by atoms with Crippen LogP contribution in [-0.4, -0.2) is 26.0 Å². The van der Waals surface area contributed by atoms with Crippen molar-refractivity contribution in [3.05, 3.63) is 95.7 Å². The number of benzene rings is 3. The summed E-state index contributed by atoms with van der Waals surface area (Å²) in [6, 6.07) is 22.8. The second-order valence-electron chi connectivity index (χ2n) is 6.30. The zero-order chi connectivity index (χ0) is 21.3. The van der Waals surface area contributed by atoms with Gasteiger partial charge >= 0.3 is 0 Å². The fourth-order valence-electron chi connectivity index (χ4n) is 2.76. The van der Waals surface area contributed by atoms with E-state index in [1.807, 2.05) is 18.2 Å². The van der Waals surface area contributed by atoms with Crippen LogP contribution >= 0.6 is 0 Å². The molecule has 2 amide bonds. The lowest BCUT2D eigenvalue weighted by Crippen LogP contribution is -2.30. The van der Waals surface area contributed by atoms with Gasteiger partial charge in [0.05, 0.1) is 14.2 Å². The van der Waals surface area contributed by atoms with Gasteiger partial charge in [-0.15, -0.1) is 0 Å². The topological polar surface area (TPSA) is 76.7 Å². The zero-order valence-corrected chi connectivity index (χ0v) is 16.7. The monoisotopic (exact) mass is 402 g/mol. The van der Waals surface area contributed by atoms with Gasteiger partial charge in [0.2, 0.25) is 0 Å². The Balaban J connectivity index is 1.90. The summed E-state index contributed by atoms with van der Waals surface area (Å²) in [5, 5.41) is 5.50. The SMILES string of the molecule is COc1ccc(NC(=O)C(=Cc2ccccc2OC)NC(=O)c2ccccc2)cc1. The van der Waals surface area contributed by atoms with Crippen molar-refractivity contribution in [3.8, 4) is 11.5 Å². The molecular formula is C24H22N2O4. The molecule has 0 aliphatic rings. The maximum absolute atomic E-state index is 13.0. The van der Waals surface area contributed by atoms with E-state index in [1.54, 1.807) is 81.0 Å². The number of anilines is 1. The first-order chi connectivity index (χ1) is 14.6. The third-order valence-corrected chi connectivity index (χ3v) is 4.32. The molecule has 0 saturated carbocycles. The lowest BCUT2D eigenvalue weighted by molar-refractivity contribution is -0.113. The summed E-state index contributed by atoms with van der Waals surface area (Å²) in [5.41, 5.74) is 1.76. The number of hydrogen-bond acceptors (Lipinski definition) is 4. The van der Waals surface area contributed by atoms with Crippen LogP contribution in [0.4, 0.5) is 5.69 Å². The number of methoxy groups -OCH3 is 2. The molecule has 0 aliphatic heterocycles. The number of ether oxygens (including phenoxy) is 2. The minimum absolute atomic E-state index is 0.0872. The highest BCUT2D eigenvalue weighted by Crippen LogP contribution is 2.21. The molecule has 3 aromatic rings. The summed E-state index contributed by atoms with van der Waals surface area (Å²) in [7, 11) is 3.12. The molecule has 0 aromatic heterocycles. The van der Waals surface area contributed by atoms with Crippen molar-refractivity contribution in [1.82, 2.24) is 5.32 Å². The standard InChI is InChI=1S/C24H22N2O4/c1-29-20-14-12-19(13-15-20)25-24(28)21(16-18-10-6-7-11-22(18)30-2)26-23(27)17-8-4-3-5-9-17/h3-16H,1-2H3,(H,25,28)(H,26,27). The summed E-state index contributed by atoms with van der Waals surface area (Å²) >= 11 is 0. The minimum Gasteiger partial charge on any atom is -0.497 e. The lowest BCUT2D eigenvalue weighted by Gasteiger charge is -2.13. The van der Waals surface area contributed by atoms with E-state index in [0.717, 1.165) is 0 Å². The largest absolute Gasteiger partial charge is 0.497 e. The number of hydrogen-bond donors (Lipinski definition) is 2. The van der Waals surface area contributed by atoms with Gasteiger partial charge < -0.3 is 20.1 Å². The Bertz CT molecular complexity index is 1040. The normalized spacial score (nSPS) is 10.8. The van der Waals surface area contributed by atoms with E-state index in [4.69, 9.17) is 9.47 Å². The fourth-order valence-corrected chi connectivity index (χ4v) is 2.76. The van der Waals surface area contributed by atoms with E-state index in [9.17, 15) is 9.59 Å². The molecular weight excluding hydrogens is 380 g/mol. The number of rotatable bonds is 7. The third-order valence-electron chi connectivity index (χ3n) is 4.32. The minimum atomic E-state index is -0.463. The molecule has 0 heterocycles. The van der Waals surface area contributed by atoms with Gasteiger partial charge in [0, 0.05) is 16.8 Å². The van der Waals surface area contributed by atoms with Crippen LogP contribution in [0, 0.1) is 0 Å². The quantitative estimate of drug-likeness (QED) is 0.583. The second-order valence-corrected chi connectivity index (χ2v) is 6.30. The summed E-state index contributed by atoms with van der Waals surface area (Å²) in [6.07, 6.45) is 1.58. The van der Waals surface area contributed by atoms with Gasteiger partial charge in [0.1, 0.15) is 17.2 Å². The maximum Gasteiger partial charge on any atom is 0.272 e. The predicted molar refractivity (Wildman–Crippen MR) is 117 cm³/mol. The van der Waals surface area contributed by atoms with Crippen molar-refractivity contribution < 1.29 is 19.1 Å². The van der Waals surface area contributed by atoms with Crippen molar-refractivity contribution in [2.45, 2.75) is 0 Å². The van der Waals surface area contributed by atoms with Crippen molar-refractivity contribution in [2.75, 3.05) is 19.5 Å². The van der Waals surface area contributed by atoms with Crippen LogP contribution in [0.5, 0.6) is 11.5 Å². The summed E-state index contributed by atoms with van der Waals surface area (Å²) in [6.45, 7) is 0. The molecule has 0 spiro atoms. The molecule has 2 N–H and O–H groups in total. The molecule has 3 aromatic carbocycles. The van der Waals surface area contributed by atoms with E-state index in [2.05, 4.69) is 10.6 Å². The average molecular weight is 402 g/mol. The van der Waals surface area contributed by atoms with Gasteiger partial charge in [-0.25, -0.2) is 0 Å². The van der Waals surface area contributed by atoms with Crippen molar-refractivity contribution in [1.29, 1.82) is 0 Å². The molecule has 3 rings (SSSR count). The summed E-state index contributed by atoms with van der Waals surface area (Å²) in [5.74, 6) is 0.411. The van der Waals surface area contributed by atoms with Crippen LogP contribution in [-0.2, 0) is 4.79 Å². The van der Waals surface area contributed by atoms with E-state index in [0.29, 0.717) is 28.3 Å². The van der Waals surface area contributed by atoms with Crippen molar-refractivity contribution >= 4 is 23.6 Å². The van der Waals surface area contributed by atoms with Crippen molar-refractivity contribution in [2.24, 2.45) is 0 Å². The van der Waals surface area contributed by atoms with E-state index in [-0.39, 0.29) is 11.6 Å². The Morgan fingerprint density at radius 1 is 0.800 bits per heavy atom. The van der Waals surface area contributed by atoms with Gasteiger partial charge in [0.15, 0.2) is 0 Å². The molecule has 0 aliphatic carbocycles. The van der Waals surface area contributed by atoms with Crippen LogP contribution in [0.2, 0.25) is 0 Å². The molecule has 30 heavy (non-hydrogen) atoms. The highest BCUT2D eigenvalue weighted by molar-refractivity contribution is 6.10. The Morgan fingerprint density at radius 3 is 2.13 bits per heavy atom. The summed E-state index contributed by atoms with van der Waals surface area (Å²) < 4.78 is 10.5. The van der Waals surface area contributed by atoms with Gasteiger partial charge in [0.25, 0.3) is 11.8 Å². The molecule has 0 atom stereocenters. The first-order valence-corrected chi connectivity index (χ1v) is 9.27. The first-order valence-electron chi connectivity index (χ1n) is 9.27. The maximum atomic E-state index is 13.0. The Kier molecular flexibility index (Phi) is 6.84. The highest BCUT2D eigenvalue weighted by Gasteiger charge is 2.16. The molecule has 0 radical (unpaired) electrons. The van der Waals surface area contributed by atoms with E-state index in [1.165, 1.54) is 0 Å². The average Bonchev–Trinajstić information content (AvgIpc) is 2.80. The van der Waals surface area contributed by atoms with Crippen molar-refractivity contribution in [3.63, 3.8) is 0 Å². The molecule has 0 saturated heterocycles. The van der Waals surface area contributed by atoms with Gasteiger partial charge in [-0.3, -0.25) is 9.59 Å². The van der Waals surface area contributed by atoms with E-state index < -0.39 is 5.91 Å². The molecule has 0 bridgehead atoms. The number of amides is 2. The van der Waals surface area contributed by atoms with Crippen LogP contribution in [0.15, 0.2) is 84.6 Å².